The maximum Gasteiger partial charge on any atom is 0.310 e. The fourth-order valence-electron chi connectivity index (χ4n) is 2.68. The van der Waals surface area contributed by atoms with E-state index in [1.165, 1.54) is 6.26 Å². The maximum absolute atomic E-state index is 11.5. The molecule has 0 aromatic rings. The van der Waals surface area contributed by atoms with E-state index >= 15 is 0 Å². The minimum atomic E-state index is -2.98. The predicted octanol–water partition coefficient (Wildman–Crippen LogP) is 0.998. The quantitative estimate of drug-likeness (QED) is 0.784. The molecule has 1 aliphatic heterocycles. The van der Waals surface area contributed by atoms with Crippen molar-refractivity contribution in [3.8, 4) is 0 Å². The molecule has 0 saturated carbocycles. The molecule has 1 N–H and O–H groups in total. The first-order valence-electron chi connectivity index (χ1n) is 6.42. The van der Waals surface area contributed by atoms with Gasteiger partial charge in [-0.25, -0.2) is 8.42 Å². The second-order valence-electron chi connectivity index (χ2n) is 5.35. The van der Waals surface area contributed by atoms with Gasteiger partial charge in [-0.3, -0.25) is 4.79 Å². The van der Waals surface area contributed by atoms with Crippen molar-refractivity contribution in [2.75, 3.05) is 31.6 Å². The Morgan fingerprint density at radius 1 is 1.44 bits per heavy atom. The molecule has 0 radical (unpaired) electrons. The third kappa shape index (κ3) is 4.24. The van der Waals surface area contributed by atoms with Gasteiger partial charge in [0.05, 0.1) is 11.2 Å². The average Bonchev–Trinajstić information content (AvgIpc) is 2.26. The van der Waals surface area contributed by atoms with E-state index in [9.17, 15) is 18.3 Å². The molecular formula is C12H23NO4S. The summed E-state index contributed by atoms with van der Waals surface area (Å²) in [5.41, 5.74) is -0.676. The number of sulfone groups is 1. The van der Waals surface area contributed by atoms with Gasteiger partial charge in [0.25, 0.3) is 0 Å². The fraction of sp³-hybridized carbons (Fsp3) is 0.917. The van der Waals surface area contributed by atoms with E-state index in [0.29, 0.717) is 25.9 Å². The Balaban J connectivity index is 2.66. The molecule has 1 saturated heterocycles. The van der Waals surface area contributed by atoms with Gasteiger partial charge >= 0.3 is 5.97 Å². The first-order valence-corrected chi connectivity index (χ1v) is 8.48. The summed E-state index contributed by atoms with van der Waals surface area (Å²) < 4.78 is 22.3. The lowest BCUT2D eigenvalue weighted by atomic mass is 9.76. The van der Waals surface area contributed by atoms with Crippen LogP contribution in [0.25, 0.3) is 0 Å². The molecular weight excluding hydrogens is 254 g/mol. The highest BCUT2D eigenvalue weighted by Crippen LogP contribution is 2.34. The maximum atomic E-state index is 11.5. The average molecular weight is 277 g/mol. The normalized spacial score (nSPS) is 26.1. The predicted molar refractivity (Wildman–Crippen MR) is 70.4 cm³/mol. The van der Waals surface area contributed by atoms with Crippen LogP contribution in [0, 0.1) is 5.41 Å². The second-order valence-corrected chi connectivity index (χ2v) is 7.60. The zero-order chi connectivity index (χ0) is 13.8. The Morgan fingerprint density at radius 3 is 2.61 bits per heavy atom. The van der Waals surface area contributed by atoms with Gasteiger partial charge in [-0.2, -0.15) is 0 Å². The molecule has 0 aromatic carbocycles. The summed E-state index contributed by atoms with van der Waals surface area (Å²) in [6, 6.07) is 0. The van der Waals surface area contributed by atoms with Crippen molar-refractivity contribution in [1.29, 1.82) is 0 Å². The molecule has 1 atom stereocenters. The van der Waals surface area contributed by atoms with Crippen LogP contribution in [-0.4, -0.2) is 56.0 Å². The number of hydrogen-bond acceptors (Lipinski definition) is 4. The number of hydrogen-bond donors (Lipinski definition) is 1. The Hall–Kier alpha value is -0.620. The Labute approximate surface area is 109 Å². The minimum Gasteiger partial charge on any atom is -0.481 e. The lowest BCUT2D eigenvalue weighted by Crippen LogP contribution is -2.48. The van der Waals surface area contributed by atoms with Gasteiger partial charge in [0.2, 0.25) is 0 Å². The van der Waals surface area contributed by atoms with E-state index in [0.717, 1.165) is 19.4 Å². The molecule has 1 rings (SSSR count). The molecule has 0 spiro atoms. The largest absolute Gasteiger partial charge is 0.481 e. The molecule has 5 nitrogen and oxygen atoms in total. The van der Waals surface area contributed by atoms with Crippen LogP contribution in [0.4, 0.5) is 0 Å². The van der Waals surface area contributed by atoms with Crippen molar-refractivity contribution in [2.45, 2.75) is 32.6 Å². The molecule has 1 heterocycles. The van der Waals surface area contributed by atoms with Crippen molar-refractivity contribution in [3.05, 3.63) is 0 Å². The third-order valence-corrected chi connectivity index (χ3v) is 4.54. The monoisotopic (exact) mass is 277 g/mol. The SMILES string of the molecule is CCCC1(C(=O)O)CCCN(CCS(C)(=O)=O)C1. The zero-order valence-corrected chi connectivity index (χ0v) is 12.0. The van der Waals surface area contributed by atoms with Crippen molar-refractivity contribution in [2.24, 2.45) is 5.41 Å². The van der Waals surface area contributed by atoms with Gasteiger partial charge in [0, 0.05) is 19.3 Å². The summed E-state index contributed by atoms with van der Waals surface area (Å²) in [5.74, 6) is -0.636. The van der Waals surface area contributed by atoms with Crippen molar-refractivity contribution >= 4 is 15.8 Å². The van der Waals surface area contributed by atoms with Gasteiger partial charge in [-0.1, -0.05) is 13.3 Å². The van der Waals surface area contributed by atoms with Crippen LogP contribution in [0.5, 0.6) is 0 Å². The van der Waals surface area contributed by atoms with Crippen LogP contribution >= 0.6 is 0 Å². The molecule has 106 valence electrons. The number of likely N-dealkylation sites (tertiary alicyclic amines) is 1. The summed E-state index contributed by atoms with van der Waals surface area (Å²) in [6.07, 6.45) is 4.25. The van der Waals surface area contributed by atoms with Gasteiger partial charge in [-0.05, 0) is 25.8 Å². The number of carboxylic acid groups (broad SMARTS) is 1. The number of aliphatic carboxylic acids is 1. The number of carbonyl (C=O) groups is 1. The van der Waals surface area contributed by atoms with Gasteiger partial charge in [0.15, 0.2) is 0 Å². The van der Waals surface area contributed by atoms with Gasteiger partial charge in [-0.15, -0.1) is 0 Å². The van der Waals surface area contributed by atoms with E-state index in [4.69, 9.17) is 0 Å². The van der Waals surface area contributed by atoms with Crippen molar-refractivity contribution in [3.63, 3.8) is 0 Å². The Bertz CT molecular complexity index is 389. The van der Waals surface area contributed by atoms with E-state index in [1.54, 1.807) is 0 Å². The van der Waals surface area contributed by atoms with Crippen LogP contribution in [0.3, 0.4) is 0 Å². The second kappa shape index (κ2) is 6.02. The molecule has 1 aliphatic rings. The summed E-state index contributed by atoms with van der Waals surface area (Å²) in [5, 5.41) is 9.42. The lowest BCUT2D eigenvalue weighted by molar-refractivity contribution is -0.153. The summed E-state index contributed by atoms with van der Waals surface area (Å²) >= 11 is 0. The number of piperidine rings is 1. The molecule has 6 heteroatoms. The van der Waals surface area contributed by atoms with Gasteiger partial charge < -0.3 is 10.0 Å². The van der Waals surface area contributed by atoms with Crippen LogP contribution in [-0.2, 0) is 14.6 Å². The molecule has 0 amide bonds. The smallest absolute Gasteiger partial charge is 0.310 e. The number of nitrogens with zero attached hydrogens (tertiary/aromatic N) is 1. The summed E-state index contributed by atoms with van der Waals surface area (Å²) in [7, 11) is -2.98. The standard InChI is InChI=1S/C12H23NO4S/c1-3-5-12(11(14)15)6-4-7-13(10-12)8-9-18(2,16)17/h3-10H2,1-2H3,(H,14,15). The Kier molecular flexibility index (Phi) is 5.16. The molecule has 0 aliphatic carbocycles. The molecule has 1 fully saturated rings. The number of carboxylic acids is 1. The highest BCUT2D eigenvalue weighted by Gasteiger charge is 2.41. The van der Waals surface area contributed by atoms with Crippen LogP contribution < -0.4 is 0 Å². The van der Waals surface area contributed by atoms with E-state index in [1.807, 2.05) is 11.8 Å². The van der Waals surface area contributed by atoms with Crippen LogP contribution in [0.15, 0.2) is 0 Å². The molecule has 0 aromatic heterocycles. The molecule has 1 unspecified atom stereocenters. The van der Waals surface area contributed by atoms with E-state index < -0.39 is 21.2 Å². The van der Waals surface area contributed by atoms with Crippen molar-refractivity contribution in [1.82, 2.24) is 4.90 Å². The summed E-state index contributed by atoms with van der Waals surface area (Å²) in [6.45, 7) is 3.71. The van der Waals surface area contributed by atoms with Crippen LogP contribution in [0.1, 0.15) is 32.6 Å². The van der Waals surface area contributed by atoms with Crippen molar-refractivity contribution < 1.29 is 18.3 Å². The van der Waals surface area contributed by atoms with Gasteiger partial charge in [0.1, 0.15) is 9.84 Å². The number of rotatable bonds is 6. The first-order chi connectivity index (χ1) is 8.29. The van der Waals surface area contributed by atoms with Crippen LogP contribution in [0.2, 0.25) is 0 Å². The molecule has 0 bridgehead atoms. The Morgan fingerprint density at radius 2 is 2.11 bits per heavy atom. The van der Waals surface area contributed by atoms with E-state index in [-0.39, 0.29) is 5.75 Å². The summed E-state index contributed by atoms with van der Waals surface area (Å²) in [4.78, 5) is 13.4. The van der Waals surface area contributed by atoms with E-state index in [2.05, 4.69) is 0 Å². The topological polar surface area (TPSA) is 74.7 Å². The first kappa shape index (κ1) is 15.4. The highest BCUT2D eigenvalue weighted by atomic mass is 32.2. The minimum absolute atomic E-state index is 0.106. The third-order valence-electron chi connectivity index (χ3n) is 3.62. The highest BCUT2D eigenvalue weighted by molar-refractivity contribution is 7.90. The lowest BCUT2D eigenvalue weighted by Gasteiger charge is -2.39. The zero-order valence-electron chi connectivity index (χ0n) is 11.2. The molecule has 18 heavy (non-hydrogen) atoms. The fourth-order valence-corrected chi connectivity index (χ4v) is 3.27.